The summed E-state index contributed by atoms with van der Waals surface area (Å²) in [5.41, 5.74) is 5.74. The monoisotopic (exact) mass is 383 g/mol. The molecule has 0 unspecified atom stereocenters. The van der Waals surface area contributed by atoms with Gasteiger partial charge in [0, 0.05) is 19.3 Å². The van der Waals surface area contributed by atoms with Crippen molar-refractivity contribution >= 4 is 17.6 Å². The van der Waals surface area contributed by atoms with E-state index in [4.69, 9.17) is 0 Å². The predicted molar refractivity (Wildman–Crippen MR) is 108 cm³/mol. The largest absolute Gasteiger partial charge is 0.416 e. The molecule has 0 heterocycles. The fraction of sp³-hybridized carbons (Fsp3) is 0.136. The van der Waals surface area contributed by atoms with E-state index in [1.54, 1.807) is 6.21 Å². The Morgan fingerprint density at radius 2 is 1.54 bits per heavy atom. The fourth-order valence-electron chi connectivity index (χ4n) is 2.68. The van der Waals surface area contributed by atoms with Crippen molar-refractivity contribution in [2.45, 2.75) is 12.7 Å². The van der Waals surface area contributed by atoms with Gasteiger partial charge in [-0.1, -0.05) is 42.5 Å². The minimum absolute atomic E-state index is 0.489. The molecule has 1 N–H and O–H groups in total. The second-order valence-electron chi connectivity index (χ2n) is 6.38. The van der Waals surface area contributed by atoms with Gasteiger partial charge in [0.1, 0.15) is 0 Å². The summed E-state index contributed by atoms with van der Waals surface area (Å²) in [6.45, 7) is 0.809. The zero-order chi connectivity index (χ0) is 20.0. The molecular formula is C22H20F3N3. The lowest BCUT2D eigenvalue weighted by Crippen LogP contribution is -2.16. The molecule has 0 amide bonds. The topological polar surface area (TPSA) is 27.6 Å². The lowest BCUT2D eigenvalue weighted by Gasteiger charge is -2.19. The number of nitrogens with zero attached hydrogens (tertiary/aromatic N) is 2. The molecule has 0 atom stereocenters. The molecule has 0 radical (unpaired) electrons. The maximum atomic E-state index is 12.6. The first kappa shape index (κ1) is 19.5. The zero-order valence-corrected chi connectivity index (χ0v) is 15.3. The molecule has 3 aromatic rings. The number of hydrogen-bond acceptors (Lipinski definition) is 3. The normalized spacial score (nSPS) is 11.6. The number of benzene rings is 3. The molecule has 0 fully saturated rings. The SMILES string of the molecule is CN(Cc1ccccc1)c1ccc(C=NNc2ccc(C(F)(F)F)cc2)cc1. The van der Waals surface area contributed by atoms with Gasteiger partial charge in [-0.25, -0.2) is 0 Å². The number of anilines is 2. The minimum atomic E-state index is -4.34. The molecule has 3 aromatic carbocycles. The third-order valence-electron chi connectivity index (χ3n) is 4.22. The van der Waals surface area contributed by atoms with Crippen LogP contribution >= 0.6 is 0 Å². The van der Waals surface area contributed by atoms with Crippen LogP contribution in [0, 0.1) is 0 Å². The van der Waals surface area contributed by atoms with Gasteiger partial charge in [-0.05, 0) is 47.5 Å². The highest BCUT2D eigenvalue weighted by Crippen LogP contribution is 2.29. The Kier molecular flexibility index (Phi) is 5.99. The summed E-state index contributed by atoms with van der Waals surface area (Å²) in [4.78, 5) is 2.15. The minimum Gasteiger partial charge on any atom is -0.370 e. The van der Waals surface area contributed by atoms with Gasteiger partial charge in [0.05, 0.1) is 17.5 Å². The molecule has 0 aliphatic carbocycles. The number of alkyl halides is 3. The average Bonchev–Trinajstić information content (AvgIpc) is 2.69. The van der Waals surface area contributed by atoms with Crippen molar-refractivity contribution in [1.29, 1.82) is 0 Å². The fourth-order valence-corrected chi connectivity index (χ4v) is 2.68. The molecular weight excluding hydrogens is 363 g/mol. The van der Waals surface area contributed by atoms with E-state index in [1.807, 2.05) is 49.5 Å². The molecule has 28 heavy (non-hydrogen) atoms. The summed E-state index contributed by atoms with van der Waals surface area (Å²) < 4.78 is 37.7. The van der Waals surface area contributed by atoms with Crippen molar-refractivity contribution in [3.8, 4) is 0 Å². The van der Waals surface area contributed by atoms with Crippen molar-refractivity contribution in [3.05, 3.63) is 95.6 Å². The summed E-state index contributed by atoms with van der Waals surface area (Å²) in [7, 11) is 2.03. The van der Waals surface area contributed by atoms with Gasteiger partial charge in [0.25, 0.3) is 0 Å². The van der Waals surface area contributed by atoms with E-state index in [0.717, 1.165) is 29.9 Å². The van der Waals surface area contributed by atoms with Crippen LogP contribution in [-0.4, -0.2) is 13.3 Å². The van der Waals surface area contributed by atoms with E-state index in [2.05, 4.69) is 27.6 Å². The van der Waals surface area contributed by atoms with Crippen molar-refractivity contribution in [2.24, 2.45) is 5.10 Å². The first-order valence-corrected chi connectivity index (χ1v) is 8.73. The highest BCUT2D eigenvalue weighted by Gasteiger charge is 2.29. The standard InChI is InChI=1S/C22H20F3N3/c1-28(16-18-5-3-2-4-6-18)21-13-7-17(8-14-21)15-26-27-20-11-9-19(10-12-20)22(23,24)25/h2-15,27H,16H2,1H3. The predicted octanol–water partition coefficient (Wildman–Crippen LogP) is 5.79. The second-order valence-corrected chi connectivity index (χ2v) is 6.38. The van der Waals surface area contributed by atoms with Gasteiger partial charge in [-0.3, -0.25) is 5.43 Å². The lowest BCUT2D eigenvalue weighted by molar-refractivity contribution is -0.137. The Labute approximate surface area is 162 Å². The van der Waals surface area contributed by atoms with Crippen LogP contribution in [0.3, 0.4) is 0 Å². The first-order valence-electron chi connectivity index (χ1n) is 8.73. The Balaban J connectivity index is 1.56. The molecule has 0 aromatic heterocycles. The molecule has 0 bridgehead atoms. The van der Waals surface area contributed by atoms with E-state index in [9.17, 15) is 13.2 Å². The Hall–Kier alpha value is -3.28. The molecule has 0 aliphatic heterocycles. The number of hydrazone groups is 1. The van der Waals surface area contributed by atoms with Crippen molar-refractivity contribution in [2.75, 3.05) is 17.4 Å². The van der Waals surface area contributed by atoms with E-state index in [1.165, 1.54) is 17.7 Å². The Morgan fingerprint density at radius 1 is 0.893 bits per heavy atom. The summed E-state index contributed by atoms with van der Waals surface area (Å²) in [5, 5.41) is 4.08. The third-order valence-corrected chi connectivity index (χ3v) is 4.22. The van der Waals surface area contributed by atoms with Gasteiger partial charge in [-0.2, -0.15) is 18.3 Å². The van der Waals surface area contributed by atoms with E-state index >= 15 is 0 Å². The molecule has 144 valence electrons. The quantitative estimate of drug-likeness (QED) is 0.431. The van der Waals surface area contributed by atoms with Crippen LogP contribution < -0.4 is 10.3 Å². The smallest absolute Gasteiger partial charge is 0.370 e. The van der Waals surface area contributed by atoms with E-state index < -0.39 is 11.7 Å². The number of hydrogen-bond donors (Lipinski definition) is 1. The zero-order valence-electron chi connectivity index (χ0n) is 15.3. The summed E-state index contributed by atoms with van der Waals surface area (Å²) in [5.74, 6) is 0. The van der Waals surface area contributed by atoms with Crippen LogP contribution in [0.15, 0.2) is 84.0 Å². The van der Waals surface area contributed by atoms with Gasteiger partial charge < -0.3 is 4.90 Å². The van der Waals surface area contributed by atoms with Crippen LogP contribution in [0.5, 0.6) is 0 Å². The van der Waals surface area contributed by atoms with Gasteiger partial charge in [0.2, 0.25) is 0 Å². The van der Waals surface area contributed by atoms with Crippen LogP contribution in [0.1, 0.15) is 16.7 Å². The summed E-state index contributed by atoms with van der Waals surface area (Å²) in [6.07, 6.45) is -2.71. The maximum Gasteiger partial charge on any atom is 0.416 e. The molecule has 0 spiro atoms. The summed E-state index contributed by atoms with van der Waals surface area (Å²) >= 11 is 0. The van der Waals surface area contributed by atoms with Crippen LogP contribution in [0.4, 0.5) is 24.5 Å². The van der Waals surface area contributed by atoms with Gasteiger partial charge >= 0.3 is 6.18 Å². The lowest BCUT2D eigenvalue weighted by atomic mass is 10.2. The molecule has 6 heteroatoms. The highest BCUT2D eigenvalue weighted by molar-refractivity contribution is 5.81. The number of halogens is 3. The Morgan fingerprint density at radius 3 is 2.14 bits per heavy atom. The molecule has 0 saturated heterocycles. The van der Waals surface area contributed by atoms with Crippen LogP contribution in [0.25, 0.3) is 0 Å². The molecule has 3 rings (SSSR count). The van der Waals surface area contributed by atoms with Crippen molar-refractivity contribution < 1.29 is 13.2 Å². The number of rotatable bonds is 6. The molecule has 3 nitrogen and oxygen atoms in total. The van der Waals surface area contributed by atoms with Gasteiger partial charge in [-0.15, -0.1) is 0 Å². The van der Waals surface area contributed by atoms with Crippen LogP contribution in [-0.2, 0) is 12.7 Å². The Bertz CT molecular complexity index is 903. The maximum absolute atomic E-state index is 12.6. The first-order chi connectivity index (χ1) is 13.4. The van der Waals surface area contributed by atoms with Crippen LogP contribution in [0.2, 0.25) is 0 Å². The van der Waals surface area contributed by atoms with E-state index in [-0.39, 0.29) is 0 Å². The third kappa shape index (κ3) is 5.36. The van der Waals surface area contributed by atoms with Gasteiger partial charge in [0.15, 0.2) is 0 Å². The molecule has 0 saturated carbocycles. The molecule has 0 aliphatic rings. The van der Waals surface area contributed by atoms with Crippen molar-refractivity contribution in [3.63, 3.8) is 0 Å². The second kappa shape index (κ2) is 8.61. The average molecular weight is 383 g/mol. The highest BCUT2D eigenvalue weighted by atomic mass is 19.4. The summed E-state index contributed by atoms with van der Waals surface area (Å²) in [6, 6.07) is 22.8. The van der Waals surface area contributed by atoms with Crippen molar-refractivity contribution in [1.82, 2.24) is 0 Å². The van der Waals surface area contributed by atoms with E-state index in [0.29, 0.717) is 5.69 Å². The number of nitrogens with one attached hydrogen (secondary N) is 1.